The van der Waals surface area contributed by atoms with Gasteiger partial charge in [0, 0.05) is 55.9 Å². The van der Waals surface area contributed by atoms with Crippen LogP contribution >= 0.6 is 0 Å². The summed E-state index contributed by atoms with van der Waals surface area (Å²) in [6.07, 6.45) is 6.20. The monoisotopic (exact) mass is 489 g/mol. The largest absolute Gasteiger partial charge is 0.481 e. The van der Waals surface area contributed by atoms with Crippen LogP contribution in [0.1, 0.15) is 50.4 Å². The first-order valence-corrected chi connectivity index (χ1v) is 13.0. The number of fused-ring (bicyclic) bond motifs is 1. The van der Waals surface area contributed by atoms with Crippen LogP contribution in [0.3, 0.4) is 0 Å². The van der Waals surface area contributed by atoms with Gasteiger partial charge < -0.3 is 14.5 Å². The molecule has 0 atom stereocenters. The van der Waals surface area contributed by atoms with Crippen LogP contribution in [0.5, 0.6) is 0 Å². The minimum absolute atomic E-state index is 0.195. The van der Waals surface area contributed by atoms with Crippen LogP contribution in [0.15, 0.2) is 35.0 Å². The van der Waals surface area contributed by atoms with Gasteiger partial charge in [-0.15, -0.1) is 0 Å². The second-order valence-corrected chi connectivity index (χ2v) is 10.7. The van der Waals surface area contributed by atoms with Crippen LogP contribution in [0.25, 0.3) is 22.8 Å². The minimum atomic E-state index is -0.740. The van der Waals surface area contributed by atoms with E-state index in [0.29, 0.717) is 18.3 Å². The lowest BCUT2D eigenvalue weighted by Gasteiger charge is -2.35. The highest BCUT2D eigenvalue weighted by atomic mass is 16.5. The summed E-state index contributed by atoms with van der Waals surface area (Å²) in [7, 11) is 0. The SMILES string of the molecule is CCc1ncc(-c2nc(-c3ccc(N4CCN(CCC(=O)O)CC4)cc3)no2)c2c1CC(C)(C)CC2. The van der Waals surface area contributed by atoms with Crippen molar-refractivity contribution in [3.05, 3.63) is 47.3 Å². The molecule has 8 nitrogen and oxygen atoms in total. The van der Waals surface area contributed by atoms with Gasteiger partial charge in [-0.05, 0) is 66.5 Å². The molecule has 1 aliphatic heterocycles. The molecule has 5 rings (SSSR count). The maximum Gasteiger partial charge on any atom is 0.304 e. The molecule has 1 fully saturated rings. The van der Waals surface area contributed by atoms with Crippen LogP contribution in [-0.4, -0.2) is 63.8 Å². The predicted octanol–water partition coefficient (Wildman–Crippen LogP) is 4.47. The van der Waals surface area contributed by atoms with Crippen LogP contribution in [0.2, 0.25) is 0 Å². The van der Waals surface area contributed by atoms with E-state index >= 15 is 0 Å². The van der Waals surface area contributed by atoms with E-state index in [2.05, 4.69) is 47.9 Å². The summed E-state index contributed by atoms with van der Waals surface area (Å²) in [5, 5.41) is 13.2. The number of benzene rings is 1. The molecule has 0 radical (unpaired) electrons. The van der Waals surface area contributed by atoms with E-state index < -0.39 is 5.97 Å². The topological polar surface area (TPSA) is 95.6 Å². The number of anilines is 1. The van der Waals surface area contributed by atoms with Gasteiger partial charge in [-0.3, -0.25) is 14.7 Å². The number of carboxylic acid groups (broad SMARTS) is 1. The van der Waals surface area contributed by atoms with Gasteiger partial charge in [0.1, 0.15) is 0 Å². The Morgan fingerprint density at radius 2 is 1.86 bits per heavy atom. The molecule has 2 aliphatic rings. The molecule has 1 N–H and O–H groups in total. The van der Waals surface area contributed by atoms with Crippen molar-refractivity contribution < 1.29 is 14.4 Å². The van der Waals surface area contributed by atoms with Crippen molar-refractivity contribution in [1.82, 2.24) is 20.0 Å². The number of aryl methyl sites for hydroxylation is 1. The lowest BCUT2D eigenvalue weighted by molar-refractivity contribution is -0.137. The standard InChI is InChI=1S/C28H35N5O3/c1-4-24-22-17-28(2,3)11-9-21(22)23(18-29-24)27-30-26(31-36-27)19-5-7-20(8-6-19)33-15-13-32(14-16-33)12-10-25(34)35/h5-8,18H,4,9-17H2,1-3H3,(H,34,35). The Labute approximate surface area is 212 Å². The summed E-state index contributed by atoms with van der Waals surface area (Å²) in [4.78, 5) is 24.9. The Kier molecular flexibility index (Phi) is 6.79. The van der Waals surface area contributed by atoms with Crippen molar-refractivity contribution in [3.63, 3.8) is 0 Å². The van der Waals surface area contributed by atoms with Crippen LogP contribution in [-0.2, 0) is 24.1 Å². The van der Waals surface area contributed by atoms with Crippen molar-refractivity contribution >= 4 is 11.7 Å². The smallest absolute Gasteiger partial charge is 0.304 e. The molecule has 190 valence electrons. The summed E-state index contributed by atoms with van der Waals surface area (Å²) < 4.78 is 5.74. The van der Waals surface area contributed by atoms with E-state index in [9.17, 15) is 4.79 Å². The van der Waals surface area contributed by atoms with Crippen molar-refractivity contribution in [3.8, 4) is 22.8 Å². The minimum Gasteiger partial charge on any atom is -0.481 e. The van der Waals surface area contributed by atoms with E-state index in [1.54, 1.807) is 0 Å². The lowest BCUT2D eigenvalue weighted by Crippen LogP contribution is -2.46. The fourth-order valence-corrected chi connectivity index (χ4v) is 5.40. The number of aromatic nitrogens is 3. The van der Waals surface area contributed by atoms with Gasteiger partial charge in [0.05, 0.1) is 12.0 Å². The Bertz CT molecular complexity index is 1230. The number of piperazine rings is 1. The molecule has 0 spiro atoms. The fourth-order valence-electron chi connectivity index (χ4n) is 5.40. The van der Waals surface area contributed by atoms with E-state index in [4.69, 9.17) is 19.6 Å². The lowest BCUT2D eigenvalue weighted by atomic mass is 9.73. The van der Waals surface area contributed by atoms with Gasteiger partial charge in [-0.25, -0.2) is 0 Å². The second-order valence-electron chi connectivity index (χ2n) is 10.7. The molecular weight excluding hydrogens is 454 g/mol. The third kappa shape index (κ3) is 5.14. The Morgan fingerprint density at radius 3 is 2.56 bits per heavy atom. The summed E-state index contributed by atoms with van der Waals surface area (Å²) >= 11 is 0. The first-order chi connectivity index (χ1) is 17.3. The molecule has 36 heavy (non-hydrogen) atoms. The highest BCUT2D eigenvalue weighted by Crippen LogP contribution is 2.40. The van der Waals surface area contributed by atoms with E-state index in [0.717, 1.165) is 68.7 Å². The second kappa shape index (κ2) is 10.0. The molecule has 1 aromatic carbocycles. The van der Waals surface area contributed by atoms with Gasteiger partial charge in [0.2, 0.25) is 5.82 Å². The van der Waals surface area contributed by atoms with Crippen molar-refractivity contribution in [2.75, 3.05) is 37.6 Å². The maximum absolute atomic E-state index is 10.8. The Morgan fingerprint density at radius 1 is 1.11 bits per heavy atom. The van der Waals surface area contributed by atoms with Crippen LogP contribution in [0.4, 0.5) is 5.69 Å². The Hall–Kier alpha value is -3.26. The first kappa shape index (κ1) is 24.4. The number of carboxylic acids is 1. The Balaban J connectivity index is 1.30. The number of rotatable bonds is 7. The molecular formula is C28H35N5O3. The normalized spacial score (nSPS) is 17.7. The number of carbonyl (C=O) groups is 1. The van der Waals surface area contributed by atoms with Crippen molar-refractivity contribution in [2.45, 2.75) is 52.9 Å². The number of pyridine rings is 1. The summed E-state index contributed by atoms with van der Waals surface area (Å²) in [6.45, 7) is 10.9. The average Bonchev–Trinajstić information content (AvgIpc) is 3.37. The van der Waals surface area contributed by atoms with E-state index in [1.807, 2.05) is 18.3 Å². The predicted molar refractivity (Wildman–Crippen MR) is 139 cm³/mol. The molecule has 3 heterocycles. The fraction of sp³-hybridized carbons (Fsp3) is 0.500. The average molecular weight is 490 g/mol. The van der Waals surface area contributed by atoms with Gasteiger partial charge in [0.15, 0.2) is 0 Å². The number of hydrogen-bond acceptors (Lipinski definition) is 7. The van der Waals surface area contributed by atoms with Crippen molar-refractivity contribution in [1.29, 1.82) is 0 Å². The quantitative estimate of drug-likeness (QED) is 0.519. The number of aliphatic carboxylic acids is 1. The number of nitrogens with zero attached hydrogens (tertiary/aromatic N) is 5. The van der Waals surface area contributed by atoms with Gasteiger partial charge >= 0.3 is 5.97 Å². The van der Waals surface area contributed by atoms with E-state index in [-0.39, 0.29) is 11.8 Å². The number of hydrogen-bond donors (Lipinski definition) is 1. The van der Waals surface area contributed by atoms with Crippen molar-refractivity contribution in [2.24, 2.45) is 5.41 Å². The van der Waals surface area contributed by atoms with Crippen LogP contribution < -0.4 is 4.90 Å². The summed E-state index contributed by atoms with van der Waals surface area (Å²) in [5.41, 5.74) is 7.17. The molecule has 1 aliphatic carbocycles. The molecule has 1 saturated heterocycles. The van der Waals surface area contributed by atoms with E-state index in [1.165, 1.54) is 16.8 Å². The molecule has 0 amide bonds. The van der Waals surface area contributed by atoms with Crippen LogP contribution in [0, 0.1) is 5.41 Å². The zero-order valence-electron chi connectivity index (χ0n) is 21.5. The molecule has 3 aromatic rings. The molecule has 0 unspecified atom stereocenters. The first-order valence-electron chi connectivity index (χ1n) is 13.0. The summed E-state index contributed by atoms with van der Waals surface area (Å²) in [6, 6.07) is 8.27. The molecule has 8 heteroatoms. The molecule has 2 aromatic heterocycles. The molecule has 0 saturated carbocycles. The third-order valence-electron chi connectivity index (χ3n) is 7.59. The maximum atomic E-state index is 10.8. The zero-order valence-corrected chi connectivity index (χ0v) is 21.5. The highest BCUT2D eigenvalue weighted by Gasteiger charge is 2.30. The third-order valence-corrected chi connectivity index (χ3v) is 7.59. The highest BCUT2D eigenvalue weighted by molar-refractivity contribution is 5.67. The van der Waals surface area contributed by atoms with Gasteiger partial charge in [-0.1, -0.05) is 25.9 Å². The van der Waals surface area contributed by atoms with Gasteiger partial charge in [0.25, 0.3) is 5.89 Å². The molecule has 0 bridgehead atoms. The van der Waals surface area contributed by atoms with Gasteiger partial charge in [-0.2, -0.15) is 4.98 Å². The zero-order chi connectivity index (χ0) is 25.3. The summed E-state index contributed by atoms with van der Waals surface area (Å²) in [5.74, 6) is 0.382.